The maximum Gasteiger partial charge on any atom is 0.283 e. The summed E-state index contributed by atoms with van der Waals surface area (Å²) in [7, 11) is 1.90. The number of aromatic nitrogens is 5. The molecule has 0 aliphatic rings. The van der Waals surface area contributed by atoms with Crippen LogP contribution in [0.15, 0.2) is 21.8 Å². The zero-order valence-electron chi connectivity index (χ0n) is 12.4. The highest BCUT2D eigenvalue weighted by Gasteiger charge is 2.10. The number of anilines is 1. The van der Waals surface area contributed by atoms with Gasteiger partial charge in [-0.05, 0) is 21.8 Å². The summed E-state index contributed by atoms with van der Waals surface area (Å²) in [4.78, 5) is 12.2. The second kappa shape index (κ2) is 6.84. The van der Waals surface area contributed by atoms with Crippen LogP contribution in [0.4, 0.5) is 5.69 Å². The first-order valence-electron chi connectivity index (χ1n) is 6.81. The van der Waals surface area contributed by atoms with E-state index in [4.69, 9.17) is 0 Å². The normalized spacial score (nSPS) is 11.1. The summed E-state index contributed by atoms with van der Waals surface area (Å²) < 4.78 is 3.86. The average Bonchev–Trinajstić information content (AvgIpc) is 2.83. The van der Waals surface area contributed by atoms with E-state index in [1.54, 1.807) is 12.5 Å². The van der Waals surface area contributed by atoms with Crippen molar-refractivity contribution in [3.05, 3.63) is 33.2 Å². The van der Waals surface area contributed by atoms with Gasteiger partial charge in [-0.15, -0.1) is 10.2 Å². The zero-order chi connectivity index (χ0) is 15.4. The first kappa shape index (κ1) is 15.7. The maximum atomic E-state index is 12.2. The molecule has 0 spiro atoms. The van der Waals surface area contributed by atoms with Gasteiger partial charge < -0.3 is 9.88 Å². The Morgan fingerprint density at radius 3 is 2.81 bits per heavy atom. The van der Waals surface area contributed by atoms with Crippen molar-refractivity contribution in [2.45, 2.75) is 26.8 Å². The summed E-state index contributed by atoms with van der Waals surface area (Å²) in [6.45, 7) is 5.36. The van der Waals surface area contributed by atoms with Crippen LogP contribution in [0.2, 0.25) is 0 Å². The third kappa shape index (κ3) is 3.90. The van der Waals surface area contributed by atoms with Gasteiger partial charge in [-0.1, -0.05) is 13.8 Å². The van der Waals surface area contributed by atoms with Crippen molar-refractivity contribution in [1.82, 2.24) is 24.5 Å². The van der Waals surface area contributed by atoms with Crippen molar-refractivity contribution in [2.24, 2.45) is 13.0 Å². The second-order valence-corrected chi connectivity index (χ2v) is 6.08. The molecule has 0 radical (unpaired) electrons. The molecule has 0 bridgehead atoms. The number of hydrogen-bond acceptors (Lipinski definition) is 5. The Balaban J connectivity index is 2.02. The molecule has 8 heteroatoms. The first-order chi connectivity index (χ1) is 9.99. The first-order valence-corrected chi connectivity index (χ1v) is 7.60. The summed E-state index contributed by atoms with van der Waals surface area (Å²) in [6, 6.07) is 0. The van der Waals surface area contributed by atoms with Gasteiger partial charge in [0.05, 0.1) is 11.9 Å². The number of rotatable bonds is 6. The summed E-state index contributed by atoms with van der Waals surface area (Å²) in [5, 5.41) is 15.2. The van der Waals surface area contributed by atoms with Gasteiger partial charge in [0.2, 0.25) is 0 Å². The lowest BCUT2D eigenvalue weighted by molar-refractivity contribution is 0.462. The lowest BCUT2D eigenvalue weighted by atomic mass is 10.2. The lowest BCUT2D eigenvalue weighted by Crippen LogP contribution is -2.26. The quantitative estimate of drug-likeness (QED) is 0.849. The van der Waals surface area contributed by atoms with E-state index in [2.05, 4.69) is 50.4 Å². The molecule has 7 nitrogen and oxygen atoms in total. The monoisotopic (exact) mass is 354 g/mol. The van der Waals surface area contributed by atoms with Gasteiger partial charge in [-0.2, -0.15) is 5.10 Å². The van der Waals surface area contributed by atoms with Crippen molar-refractivity contribution in [3.63, 3.8) is 0 Å². The van der Waals surface area contributed by atoms with Crippen LogP contribution in [-0.4, -0.2) is 31.1 Å². The van der Waals surface area contributed by atoms with E-state index in [-0.39, 0.29) is 5.56 Å². The van der Waals surface area contributed by atoms with Crippen LogP contribution in [0, 0.1) is 5.92 Å². The number of aryl methyl sites for hydroxylation is 1. The SMILES string of the molecule is CC(C)Cn1ncc(NCCc2nncn2C)c(Br)c1=O. The Labute approximate surface area is 131 Å². The van der Waals surface area contributed by atoms with Crippen LogP contribution in [0.25, 0.3) is 0 Å². The smallest absolute Gasteiger partial charge is 0.283 e. The Morgan fingerprint density at radius 2 is 2.19 bits per heavy atom. The molecular formula is C13H19BrN6O. The molecule has 21 heavy (non-hydrogen) atoms. The minimum absolute atomic E-state index is 0.118. The van der Waals surface area contributed by atoms with E-state index in [0.29, 0.717) is 29.2 Å². The van der Waals surface area contributed by atoms with Crippen molar-refractivity contribution < 1.29 is 0 Å². The fraction of sp³-hybridized carbons (Fsp3) is 0.538. The predicted molar refractivity (Wildman–Crippen MR) is 84.2 cm³/mol. The summed E-state index contributed by atoms with van der Waals surface area (Å²) in [5.41, 5.74) is 0.578. The van der Waals surface area contributed by atoms with Gasteiger partial charge >= 0.3 is 0 Å². The molecule has 0 saturated heterocycles. The molecule has 0 saturated carbocycles. The van der Waals surface area contributed by atoms with Crippen LogP contribution in [-0.2, 0) is 20.0 Å². The van der Waals surface area contributed by atoms with Crippen molar-refractivity contribution in [3.8, 4) is 0 Å². The molecule has 2 aromatic rings. The molecule has 0 aromatic carbocycles. The highest BCUT2D eigenvalue weighted by molar-refractivity contribution is 9.10. The molecule has 0 atom stereocenters. The Hall–Kier alpha value is -1.70. The zero-order valence-corrected chi connectivity index (χ0v) is 14.0. The highest BCUT2D eigenvalue weighted by Crippen LogP contribution is 2.16. The van der Waals surface area contributed by atoms with E-state index in [0.717, 1.165) is 12.2 Å². The lowest BCUT2D eigenvalue weighted by Gasteiger charge is -2.11. The van der Waals surface area contributed by atoms with Crippen LogP contribution in [0.5, 0.6) is 0 Å². The average molecular weight is 355 g/mol. The number of halogens is 1. The second-order valence-electron chi connectivity index (χ2n) is 5.29. The number of nitrogens with zero attached hydrogens (tertiary/aromatic N) is 5. The molecule has 0 aliphatic carbocycles. The van der Waals surface area contributed by atoms with Crippen LogP contribution >= 0.6 is 15.9 Å². The molecule has 0 aliphatic heterocycles. The summed E-state index contributed by atoms with van der Waals surface area (Å²) in [5.74, 6) is 1.26. The van der Waals surface area contributed by atoms with E-state index < -0.39 is 0 Å². The van der Waals surface area contributed by atoms with Crippen molar-refractivity contribution in [2.75, 3.05) is 11.9 Å². The number of hydrogen-bond donors (Lipinski definition) is 1. The minimum Gasteiger partial charge on any atom is -0.382 e. The van der Waals surface area contributed by atoms with Crippen molar-refractivity contribution in [1.29, 1.82) is 0 Å². The van der Waals surface area contributed by atoms with Crippen LogP contribution < -0.4 is 10.9 Å². The fourth-order valence-corrected chi connectivity index (χ4v) is 2.35. The topological polar surface area (TPSA) is 77.6 Å². The standard InChI is InChI=1S/C13H19BrN6O/c1-9(2)7-20-13(21)12(14)10(6-17-20)15-5-4-11-18-16-8-19(11)3/h6,8-9,15H,4-5,7H2,1-3H3. The maximum absolute atomic E-state index is 12.2. The summed E-state index contributed by atoms with van der Waals surface area (Å²) in [6.07, 6.45) is 4.06. The van der Waals surface area contributed by atoms with Crippen LogP contribution in [0.1, 0.15) is 19.7 Å². The minimum atomic E-state index is -0.118. The van der Waals surface area contributed by atoms with Gasteiger partial charge in [0.15, 0.2) is 0 Å². The van der Waals surface area contributed by atoms with Gasteiger partial charge in [0, 0.05) is 26.6 Å². The third-order valence-corrected chi connectivity index (χ3v) is 3.76. The Bertz CT molecular complexity index is 663. The van der Waals surface area contributed by atoms with E-state index in [1.165, 1.54) is 4.68 Å². The van der Waals surface area contributed by atoms with Crippen molar-refractivity contribution >= 4 is 21.6 Å². The van der Waals surface area contributed by atoms with Gasteiger partial charge in [-0.25, -0.2) is 4.68 Å². The van der Waals surface area contributed by atoms with E-state index in [9.17, 15) is 4.79 Å². The predicted octanol–water partition coefficient (Wildman–Crippen LogP) is 1.44. The molecule has 1 N–H and O–H groups in total. The molecular weight excluding hydrogens is 336 g/mol. The van der Waals surface area contributed by atoms with Gasteiger partial charge in [0.25, 0.3) is 5.56 Å². The Kier molecular flexibility index (Phi) is 5.11. The fourth-order valence-electron chi connectivity index (χ4n) is 1.91. The third-order valence-electron chi connectivity index (χ3n) is 2.99. The summed E-state index contributed by atoms with van der Waals surface area (Å²) >= 11 is 3.35. The molecule has 0 unspecified atom stereocenters. The Morgan fingerprint density at radius 1 is 1.43 bits per heavy atom. The van der Waals surface area contributed by atoms with Gasteiger partial charge in [-0.3, -0.25) is 4.79 Å². The molecule has 2 aromatic heterocycles. The van der Waals surface area contributed by atoms with E-state index >= 15 is 0 Å². The number of nitrogens with one attached hydrogen (secondary N) is 1. The molecule has 0 amide bonds. The largest absolute Gasteiger partial charge is 0.382 e. The molecule has 0 fully saturated rings. The molecule has 114 valence electrons. The van der Waals surface area contributed by atoms with Crippen LogP contribution in [0.3, 0.4) is 0 Å². The highest BCUT2D eigenvalue weighted by atomic mass is 79.9. The molecule has 2 heterocycles. The van der Waals surface area contributed by atoms with Gasteiger partial charge in [0.1, 0.15) is 16.6 Å². The van der Waals surface area contributed by atoms with E-state index in [1.807, 2.05) is 11.6 Å². The molecule has 2 rings (SSSR count).